The number of pyridine rings is 1. The van der Waals surface area contributed by atoms with Gasteiger partial charge in [-0.05, 0) is 29.7 Å². The van der Waals surface area contributed by atoms with E-state index in [1.54, 1.807) is 0 Å². The normalized spacial score (nSPS) is 10.9. The molecule has 27 heavy (non-hydrogen) atoms. The van der Waals surface area contributed by atoms with Crippen molar-refractivity contribution in [3.05, 3.63) is 80.6 Å². The van der Waals surface area contributed by atoms with E-state index in [2.05, 4.69) is 5.32 Å². The molecule has 7 nitrogen and oxygen atoms in total. The molecule has 1 aromatic heterocycles. The van der Waals surface area contributed by atoms with Crippen LogP contribution >= 0.6 is 0 Å². The second kappa shape index (κ2) is 7.41. The summed E-state index contributed by atoms with van der Waals surface area (Å²) in [5, 5.41) is 14.3. The van der Waals surface area contributed by atoms with Crippen LogP contribution in [-0.4, -0.2) is 15.4 Å². The Morgan fingerprint density at radius 3 is 2.59 bits per heavy atom. The Hall–Kier alpha value is -3.48. The summed E-state index contributed by atoms with van der Waals surface area (Å²) in [4.78, 5) is 35.3. The van der Waals surface area contributed by atoms with Crippen molar-refractivity contribution >= 4 is 28.2 Å². The van der Waals surface area contributed by atoms with Crippen molar-refractivity contribution in [2.24, 2.45) is 0 Å². The van der Waals surface area contributed by atoms with Gasteiger partial charge in [-0.3, -0.25) is 24.3 Å². The van der Waals surface area contributed by atoms with Crippen LogP contribution in [0.15, 0.2) is 59.4 Å². The minimum atomic E-state index is -0.496. The van der Waals surface area contributed by atoms with Gasteiger partial charge in [0, 0.05) is 29.3 Å². The van der Waals surface area contributed by atoms with E-state index < -0.39 is 4.92 Å². The molecule has 1 heterocycles. The number of nitro benzene ring substituents is 1. The van der Waals surface area contributed by atoms with Gasteiger partial charge < -0.3 is 5.32 Å². The van der Waals surface area contributed by atoms with E-state index in [9.17, 15) is 19.7 Å². The van der Waals surface area contributed by atoms with Crippen LogP contribution in [0.3, 0.4) is 0 Å². The molecular formula is C20H19N3O4. The number of non-ortho nitro benzene ring substituents is 1. The van der Waals surface area contributed by atoms with Gasteiger partial charge in [0.15, 0.2) is 0 Å². The van der Waals surface area contributed by atoms with Gasteiger partial charge in [-0.1, -0.05) is 32.0 Å². The number of para-hydroxylation sites is 1. The number of nitrogens with one attached hydrogen (secondary N) is 1. The molecule has 0 unspecified atom stereocenters. The summed E-state index contributed by atoms with van der Waals surface area (Å²) in [6, 6.07) is 14.5. The molecule has 0 radical (unpaired) electrons. The minimum absolute atomic E-state index is 0.0667. The van der Waals surface area contributed by atoms with Gasteiger partial charge in [-0.15, -0.1) is 0 Å². The second-order valence-electron chi connectivity index (χ2n) is 6.55. The smallest absolute Gasteiger partial charge is 0.270 e. The quantitative estimate of drug-likeness (QED) is 0.551. The fourth-order valence-corrected chi connectivity index (χ4v) is 3.02. The van der Waals surface area contributed by atoms with E-state index in [0.717, 1.165) is 5.56 Å². The average molecular weight is 365 g/mol. The molecule has 0 saturated carbocycles. The van der Waals surface area contributed by atoms with Crippen LogP contribution in [0.4, 0.5) is 11.4 Å². The lowest BCUT2D eigenvalue weighted by atomic mass is 10.0. The summed E-state index contributed by atoms with van der Waals surface area (Å²) in [5.41, 5.74) is 1.78. The first kappa shape index (κ1) is 18.3. The Morgan fingerprint density at radius 1 is 1.15 bits per heavy atom. The largest absolute Gasteiger partial charge is 0.324 e. The number of fused-ring (bicyclic) bond motifs is 1. The molecule has 0 spiro atoms. The Labute approximate surface area is 155 Å². The van der Waals surface area contributed by atoms with Gasteiger partial charge in [0.2, 0.25) is 5.91 Å². The van der Waals surface area contributed by atoms with Gasteiger partial charge in [0.05, 0.1) is 10.4 Å². The van der Waals surface area contributed by atoms with Gasteiger partial charge >= 0.3 is 0 Å². The number of aromatic nitrogens is 1. The lowest BCUT2D eigenvalue weighted by Gasteiger charge is -2.15. The molecule has 0 atom stereocenters. The SMILES string of the molecule is CC(C)c1ccccc1NC(=O)Cn1c(=O)ccc2cc([N+](=O)[O-])ccc21. The molecule has 2 aromatic carbocycles. The highest BCUT2D eigenvalue weighted by Crippen LogP contribution is 2.24. The molecule has 3 rings (SSSR count). The highest BCUT2D eigenvalue weighted by Gasteiger charge is 2.13. The standard InChI is InChI=1S/C20H19N3O4/c1-13(2)16-5-3-4-6-17(16)21-19(24)12-22-18-9-8-15(23(26)27)11-14(18)7-10-20(22)25/h3-11,13H,12H2,1-2H3,(H,21,24). The zero-order valence-corrected chi connectivity index (χ0v) is 15.0. The van der Waals surface area contributed by atoms with E-state index in [1.165, 1.54) is 34.9 Å². The van der Waals surface area contributed by atoms with Crippen molar-refractivity contribution < 1.29 is 9.72 Å². The third kappa shape index (κ3) is 3.87. The maximum Gasteiger partial charge on any atom is 0.270 e. The number of hydrogen-bond donors (Lipinski definition) is 1. The van der Waals surface area contributed by atoms with E-state index in [4.69, 9.17) is 0 Å². The average Bonchev–Trinajstić information content (AvgIpc) is 2.63. The molecular weight excluding hydrogens is 346 g/mol. The topological polar surface area (TPSA) is 94.2 Å². The number of carbonyl (C=O) groups is 1. The number of benzene rings is 2. The van der Waals surface area contributed by atoms with E-state index in [0.29, 0.717) is 16.6 Å². The van der Waals surface area contributed by atoms with Crippen LogP contribution in [0.5, 0.6) is 0 Å². The maximum atomic E-state index is 12.5. The first-order valence-corrected chi connectivity index (χ1v) is 8.53. The first-order chi connectivity index (χ1) is 12.9. The summed E-state index contributed by atoms with van der Waals surface area (Å²) < 4.78 is 1.31. The van der Waals surface area contributed by atoms with Crippen LogP contribution in [0.25, 0.3) is 10.9 Å². The summed E-state index contributed by atoms with van der Waals surface area (Å²) in [7, 11) is 0. The number of anilines is 1. The molecule has 3 aromatic rings. The summed E-state index contributed by atoms with van der Waals surface area (Å²) in [5.74, 6) is -0.0987. The molecule has 0 saturated heterocycles. The number of hydrogen-bond acceptors (Lipinski definition) is 4. The van der Waals surface area contributed by atoms with Crippen molar-refractivity contribution in [3.63, 3.8) is 0 Å². The predicted molar refractivity (Wildman–Crippen MR) is 104 cm³/mol. The fourth-order valence-electron chi connectivity index (χ4n) is 3.02. The molecule has 138 valence electrons. The molecule has 1 N–H and O–H groups in total. The Kier molecular flexibility index (Phi) is 5.03. The van der Waals surface area contributed by atoms with Crippen LogP contribution < -0.4 is 10.9 Å². The molecule has 0 aliphatic rings. The van der Waals surface area contributed by atoms with Crippen LogP contribution in [0.2, 0.25) is 0 Å². The maximum absolute atomic E-state index is 12.5. The third-order valence-electron chi connectivity index (χ3n) is 4.34. The number of nitrogens with zero attached hydrogens (tertiary/aromatic N) is 2. The van der Waals surface area contributed by atoms with Crippen molar-refractivity contribution in [1.82, 2.24) is 4.57 Å². The first-order valence-electron chi connectivity index (χ1n) is 8.53. The molecule has 0 fully saturated rings. The van der Waals surface area contributed by atoms with Gasteiger partial charge in [-0.2, -0.15) is 0 Å². The number of rotatable bonds is 5. The molecule has 0 bridgehead atoms. The molecule has 0 aliphatic carbocycles. The van der Waals surface area contributed by atoms with Crippen LogP contribution in [0.1, 0.15) is 25.3 Å². The lowest BCUT2D eigenvalue weighted by molar-refractivity contribution is -0.384. The van der Waals surface area contributed by atoms with Gasteiger partial charge in [0.1, 0.15) is 6.54 Å². The zero-order chi connectivity index (χ0) is 19.6. The number of carbonyl (C=O) groups excluding carboxylic acids is 1. The lowest BCUT2D eigenvalue weighted by Crippen LogP contribution is -2.27. The van der Waals surface area contributed by atoms with Crippen LogP contribution in [0, 0.1) is 10.1 Å². The fraction of sp³-hybridized carbons (Fsp3) is 0.200. The van der Waals surface area contributed by atoms with E-state index in [-0.39, 0.29) is 29.6 Å². The van der Waals surface area contributed by atoms with Crippen molar-refractivity contribution in [1.29, 1.82) is 0 Å². The van der Waals surface area contributed by atoms with E-state index >= 15 is 0 Å². The Balaban J connectivity index is 1.92. The minimum Gasteiger partial charge on any atom is -0.324 e. The summed E-state index contributed by atoms with van der Waals surface area (Å²) >= 11 is 0. The molecule has 0 aliphatic heterocycles. The molecule has 1 amide bonds. The Morgan fingerprint density at radius 2 is 1.89 bits per heavy atom. The predicted octanol–water partition coefficient (Wildman–Crippen LogP) is 3.67. The highest BCUT2D eigenvalue weighted by atomic mass is 16.6. The van der Waals surface area contributed by atoms with Crippen molar-refractivity contribution in [2.45, 2.75) is 26.3 Å². The third-order valence-corrected chi connectivity index (χ3v) is 4.34. The second-order valence-corrected chi connectivity index (χ2v) is 6.55. The monoisotopic (exact) mass is 365 g/mol. The summed E-state index contributed by atoms with van der Waals surface area (Å²) in [6.45, 7) is 3.89. The zero-order valence-electron chi connectivity index (χ0n) is 15.0. The summed E-state index contributed by atoms with van der Waals surface area (Å²) in [6.07, 6.45) is 0. The van der Waals surface area contributed by atoms with Crippen LogP contribution in [-0.2, 0) is 11.3 Å². The number of amides is 1. The molecule has 7 heteroatoms. The highest BCUT2D eigenvalue weighted by molar-refractivity contribution is 5.92. The number of nitro groups is 1. The van der Waals surface area contributed by atoms with E-state index in [1.807, 2.05) is 38.1 Å². The van der Waals surface area contributed by atoms with Crippen molar-refractivity contribution in [3.8, 4) is 0 Å². The Bertz CT molecular complexity index is 1090. The van der Waals surface area contributed by atoms with Gasteiger partial charge in [-0.25, -0.2) is 0 Å². The van der Waals surface area contributed by atoms with Crippen molar-refractivity contribution in [2.75, 3.05) is 5.32 Å². The van der Waals surface area contributed by atoms with Gasteiger partial charge in [0.25, 0.3) is 11.2 Å².